The predicted molar refractivity (Wildman–Crippen MR) is 84.4 cm³/mol. The highest BCUT2D eigenvalue weighted by Crippen LogP contribution is 2.34. The molecule has 0 unspecified atom stereocenters. The van der Waals surface area contributed by atoms with Gasteiger partial charge in [-0.3, -0.25) is 14.5 Å². The quantitative estimate of drug-likeness (QED) is 0.822. The van der Waals surface area contributed by atoms with Crippen LogP contribution in [0.15, 0.2) is 18.2 Å². The minimum Gasteiger partial charge on any atom is -0.350 e. The fourth-order valence-corrected chi connectivity index (χ4v) is 3.28. The van der Waals surface area contributed by atoms with Crippen LogP contribution < -0.4 is 10.6 Å². The average molecular weight is 333 g/mol. The summed E-state index contributed by atoms with van der Waals surface area (Å²) in [6.45, 7) is 1.49. The zero-order valence-electron chi connectivity index (χ0n) is 13.5. The Hall–Kier alpha value is -2.44. The van der Waals surface area contributed by atoms with Crippen LogP contribution in [0, 0.1) is 12.7 Å². The van der Waals surface area contributed by atoms with Gasteiger partial charge < -0.3 is 10.6 Å². The zero-order valence-corrected chi connectivity index (χ0v) is 13.5. The lowest BCUT2D eigenvalue weighted by Crippen LogP contribution is -2.45. The van der Waals surface area contributed by atoms with E-state index in [2.05, 4.69) is 10.6 Å². The second-order valence-electron chi connectivity index (χ2n) is 6.47. The molecule has 1 aliphatic heterocycles. The van der Waals surface area contributed by atoms with E-state index >= 15 is 0 Å². The molecule has 0 radical (unpaired) electrons. The van der Waals surface area contributed by atoms with Crippen molar-refractivity contribution >= 4 is 17.8 Å². The molecule has 4 amide bonds. The van der Waals surface area contributed by atoms with Crippen molar-refractivity contribution in [1.29, 1.82) is 0 Å². The third kappa shape index (κ3) is 2.98. The molecule has 1 aromatic rings. The summed E-state index contributed by atoms with van der Waals surface area (Å²) in [7, 11) is 0. The molecule has 1 aromatic carbocycles. The van der Waals surface area contributed by atoms with E-state index in [4.69, 9.17) is 0 Å². The molecule has 2 fully saturated rings. The van der Waals surface area contributed by atoms with Gasteiger partial charge in [-0.25, -0.2) is 9.18 Å². The van der Waals surface area contributed by atoms with Crippen molar-refractivity contribution < 1.29 is 18.8 Å². The molecule has 0 bridgehead atoms. The van der Waals surface area contributed by atoms with Gasteiger partial charge in [0, 0.05) is 6.54 Å². The van der Waals surface area contributed by atoms with Crippen LogP contribution in [0.25, 0.3) is 0 Å². The van der Waals surface area contributed by atoms with Crippen molar-refractivity contribution in [2.45, 2.75) is 44.7 Å². The Morgan fingerprint density at radius 2 is 2.04 bits per heavy atom. The summed E-state index contributed by atoms with van der Waals surface area (Å²) >= 11 is 0. The summed E-state index contributed by atoms with van der Waals surface area (Å²) in [4.78, 5) is 37.5. The summed E-state index contributed by atoms with van der Waals surface area (Å²) in [6, 6.07) is 4.20. The van der Waals surface area contributed by atoms with E-state index < -0.39 is 17.5 Å². The normalized spacial score (nSPS) is 19.0. The maximum absolute atomic E-state index is 13.5. The highest BCUT2D eigenvalue weighted by Gasteiger charge is 2.52. The summed E-state index contributed by atoms with van der Waals surface area (Å²) < 4.78 is 13.5. The zero-order chi connectivity index (χ0) is 17.3. The first-order valence-corrected chi connectivity index (χ1v) is 8.07. The first kappa shape index (κ1) is 16.4. The molecule has 1 spiro atoms. The van der Waals surface area contributed by atoms with Crippen LogP contribution >= 0.6 is 0 Å². The molecule has 1 saturated carbocycles. The molecule has 1 aliphatic carbocycles. The monoisotopic (exact) mass is 333 g/mol. The number of carbonyl (C=O) groups excluding carboxylic acids is 3. The lowest BCUT2D eigenvalue weighted by Gasteiger charge is -2.19. The van der Waals surface area contributed by atoms with Crippen LogP contribution in [-0.2, 0) is 16.1 Å². The SMILES string of the molecule is Cc1ccc(CNC(=O)CN2C(=O)NC3(CCCC3)C2=O)cc1F. The van der Waals surface area contributed by atoms with Crippen molar-refractivity contribution in [2.75, 3.05) is 6.54 Å². The molecule has 24 heavy (non-hydrogen) atoms. The first-order valence-electron chi connectivity index (χ1n) is 8.07. The third-order valence-electron chi connectivity index (χ3n) is 4.73. The van der Waals surface area contributed by atoms with Crippen LogP contribution in [0.3, 0.4) is 0 Å². The number of hydrogen-bond donors (Lipinski definition) is 2. The Kier molecular flexibility index (Phi) is 4.26. The summed E-state index contributed by atoms with van der Waals surface area (Å²) in [5.74, 6) is -1.10. The molecule has 0 atom stereocenters. The number of urea groups is 1. The molecule has 2 aliphatic rings. The Labute approximate surface area is 139 Å². The predicted octanol–water partition coefficient (Wildman–Crippen LogP) is 1.61. The number of carbonyl (C=O) groups is 3. The van der Waals surface area contributed by atoms with Gasteiger partial charge in [0.25, 0.3) is 5.91 Å². The number of aryl methyl sites for hydroxylation is 1. The molecule has 1 saturated heterocycles. The van der Waals surface area contributed by atoms with Gasteiger partial charge in [0.2, 0.25) is 5.91 Å². The minimum absolute atomic E-state index is 0.144. The van der Waals surface area contributed by atoms with Gasteiger partial charge in [0.05, 0.1) is 0 Å². The third-order valence-corrected chi connectivity index (χ3v) is 4.73. The van der Waals surface area contributed by atoms with E-state index in [0.717, 1.165) is 17.7 Å². The van der Waals surface area contributed by atoms with Gasteiger partial charge in [-0.15, -0.1) is 0 Å². The van der Waals surface area contributed by atoms with E-state index in [9.17, 15) is 18.8 Å². The van der Waals surface area contributed by atoms with Gasteiger partial charge in [-0.05, 0) is 37.0 Å². The lowest BCUT2D eigenvalue weighted by atomic mass is 9.98. The number of imide groups is 1. The maximum Gasteiger partial charge on any atom is 0.325 e. The van der Waals surface area contributed by atoms with Crippen LogP contribution in [0.4, 0.5) is 9.18 Å². The Balaban J connectivity index is 1.57. The first-order chi connectivity index (χ1) is 11.4. The topological polar surface area (TPSA) is 78.5 Å². The number of amides is 4. The molecule has 0 aromatic heterocycles. The highest BCUT2D eigenvalue weighted by molar-refractivity contribution is 6.09. The average Bonchev–Trinajstić information content (AvgIpc) is 3.10. The van der Waals surface area contributed by atoms with Crippen molar-refractivity contribution in [3.8, 4) is 0 Å². The van der Waals surface area contributed by atoms with E-state index in [-0.39, 0.29) is 24.8 Å². The fourth-order valence-electron chi connectivity index (χ4n) is 3.28. The van der Waals surface area contributed by atoms with Gasteiger partial charge in [0.15, 0.2) is 0 Å². The fraction of sp³-hybridized carbons (Fsp3) is 0.471. The van der Waals surface area contributed by atoms with Crippen LogP contribution in [0.5, 0.6) is 0 Å². The van der Waals surface area contributed by atoms with Crippen molar-refractivity contribution in [1.82, 2.24) is 15.5 Å². The highest BCUT2D eigenvalue weighted by atomic mass is 19.1. The molecular formula is C17H20FN3O3. The Morgan fingerprint density at radius 1 is 1.33 bits per heavy atom. The van der Waals surface area contributed by atoms with E-state index in [0.29, 0.717) is 24.0 Å². The number of rotatable bonds is 4. The molecule has 128 valence electrons. The molecule has 7 heteroatoms. The number of halogens is 1. The molecule has 2 N–H and O–H groups in total. The Bertz CT molecular complexity index is 698. The van der Waals surface area contributed by atoms with Crippen LogP contribution in [0.1, 0.15) is 36.8 Å². The minimum atomic E-state index is -0.808. The molecule has 6 nitrogen and oxygen atoms in total. The van der Waals surface area contributed by atoms with Gasteiger partial charge in [-0.2, -0.15) is 0 Å². The summed E-state index contributed by atoms with van der Waals surface area (Å²) in [5, 5.41) is 5.34. The van der Waals surface area contributed by atoms with Crippen molar-refractivity contribution in [3.63, 3.8) is 0 Å². The number of nitrogens with zero attached hydrogens (tertiary/aromatic N) is 1. The summed E-state index contributed by atoms with van der Waals surface area (Å²) in [5.41, 5.74) is 0.347. The number of benzene rings is 1. The molecule has 1 heterocycles. The van der Waals surface area contributed by atoms with Crippen molar-refractivity contribution in [3.05, 3.63) is 35.1 Å². The van der Waals surface area contributed by atoms with Crippen LogP contribution in [-0.4, -0.2) is 34.8 Å². The van der Waals surface area contributed by atoms with E-state index in [1.165, 1.54) is 6.07 Å². The van der Waals surface area contributed by atoms with Crippen LogP contribution in [0.2, 0.25) is 0 Å². The molecular weight excluding hydrogens is 313 g/mol. The Morgan fingerprint density at radius 3 is 2.71 bits per heavy atom. The van der Waals surface area contributed by atoms with Gasteiger partial charge in [-0.1, -0.05) is 25.0 Å². The second-order valence-corrected chi connectivity index (χ2v) is 6.47. The number of hydrogen-bond acceptors (Lipinski definition) is 3. The lowest BCUT2D eigenvalue weighted by molar-refractivity contribution is -0.134. The second kappa shape index (κ2) is 6.22. The maximum atomic E-state index is 13.5. The van der Waals surface area contributed by atoms with E-state index in [1.54, 1.807) is 19.1 Å². The van der Waals surface area contributed by atoms with Gasteiger partial charge >= 0.3 is 6.03 Å². The molecule has 3 rings (SSSR count). The smallest absolute Gasteiger partial charge is 0.325 e. The van der Waals surface area contributed by atoms with Crippen molar-refractivity contribution in [2.24, 2.45) is 0 Å². The van der Waals surface area contributed by atoms with Gasteiger partial charge in [0.1, 0.15) is 17.9 Å². The van der Waals surface area contributed by atoms with E-state index in [1.807, 2.05) is 0 Å². The summed E-state index contributed by atoms with van der Waals surface area (Å²) in [6.07, 6.45) is 3.03. The standard InChI is InChI=1S/C17H20FN3O3/c1-11-4-5-12(8-13(11)18)9-19-14(22)10-21-15(23)17(20-16(21)24)6-2-3-7-17/h4-5,8H,2-3,6-7,9-10H2,1H3,(H,19,22)(H,20,24). The number of nitrogens with one attached hydrogen (secondary N) is 2. The largest absolute Gasteiger partial charge is 0.350 e.